The number of carbonyl (C=O) groups is 1. The van der Waals surface area contributed by atoms with E-state index in [1.54, 1.807) is 17.0 Å². The molecule has 0 unspecified atom stereocenters. The molecule has 0 radical (unpaired) electrons. The maximum Gasteiger partial charge on any atom is 0.410 e. The van der Waals surface area contributed by atoms with E-state index in [1.807, 2.05) is 20.8 Å². The van der Waals surface area contributed by atoms with E-state index in [4.69, 9.17) is 18.9 Å². The Morgan fingerprint density at radius 2 is 1.86 bits per heavy atom. The SMILES string of the molecule is CC(C)(C)OC(=O)N1CC2(C[C@H](N3CCC(c4cc(F)ccc4OCC4CCOCC4)CC3)CO2)C1. The van der Waals surface area contributed by atoms with Crippen molar-refractivity contribution in [1.29, 1.82) is 0 Å². The van der Waals surface area contributed by atoms with Gasteiger partial charge in [-0.05, 0) is 96.0 Å². The Hall–Kier alpha value is -1.90. The van der Waals surface area contributed by atoms with Crippen molar-refractivity contribution in [3.8, 4) is 5.75 Å². The molecule has 1 aromatic rings. The molecule has 1 amide bonds. The van der Waals surface area contributed by atoms with Gasteiger partial charge < -0.3 is 23.8 Å². The number of halogens is 1. The zero-order valence-corrected chi connectivity index (χ0v) is 22.0. The molecule has 8 heteroatoms. The van der Waals surface area contributed by atoms with Crippen LogP contribution < -0.4 is 4.74 Å². The molecular weight excluding hydrogens is 463 g/mol. The number of likely N-dealkylation sites (tertiary alicyclic amines) is 2. The van der Waals surface area contributed by atoms with E-state index in [0.717, 1.165) is 69.7 Å². The molecule has 4 saturated heterocycles. The summed E-state index contributed by atoms with van der Waals surface area (Å²) in [7, 11) is 0. The van der Waals surface area contributed by atoms with Gasteiger partial charge in [-0.2, -0.15) is 0 Å². The number of rotatable bonds is 5. The van der Waals surface area contributed by atoms with Crippen LogP contribution in [0.15, 0.2) is 18.2 Å². The lowest BCUT2D eigenvalue weighted by Crippen LogP contribution is -2.64. The lowest BCUT2D eigenvalue weighted by Gasteiger charge is -2.47. The lowest BCUT2D eigenvalue weighted by molar-refractivity contribution is -0.109. The highest BCUT2D eigenvalue weighted by molar-refractivity contribution is 5.69. The van der Waals surface area contributed by atoms with Crippen molar-refractivity contribution in [1.82, 2.24) is 9.80 Å². The zero-order valence-electron chi connectivity index (χ0n) is 22.0. The predicted octanol–water partition coefficient (Wildman–Crippen LogP) is 4.59. The molecule has 4 aliphatic heterocycles. The third kappa shape index (κ3) is 5.97. The van der Waals surface area contributed by atoms with Gasteiger partial charge in [0.25, 0.3) is 0 Å². The number of hydrogen-bond donors (Lipinski definition) is 0. The molecule has 4 fully saturated rings. The second kappa shape index (κ2) is 10.5. The molecule has 7 nitrogen and oxygen atoms in total. The molecule has 0 aliphatic carbocycles. The minimum atomic E-state index is -0.485. The maximum atomic E-state index is 14.2. The number of nitrogens with zero attached hydrogens (tertiary/aromatic N) is 2. The van der Waals surface area contributed by atoms with Crippen LogP contribution in [0.2, 0.25) is 0 Å². The number of amides is 1. The molecule has 1 aromatic carbocycles. The summed E-state index contributed by atoms with van der Waals surface area (Å²) < 4.78 is 37.6. The van der Waals surface area contributed by atoms with Gasteiger partial charge in [0.15, 0.2) is 0 Å². The first-order valence-corrected chi connectivity index (χ1v) is 13.6. The Balaban J connectivity index is 1.12. The lowest BCUT2D eigenvalue weighted by atomic mass is 9.86. The smallest absolute Gasteiger partial charge is 0.410 e. The summed E-state index contributed by atoms with van der Waals surface area (Å²) in [4.78, 5) is 16.6. The topological polar surface area (TPSA) is 60.5 Å². The van der Waals surface area contributed by atoms with Gasteiger partial charge in [0.2, 0.25) is 0 Å². The largest absolute Gasteiger partial charge is 0.493 e. The summed E-state index contributed by atoms with van der Waals surface area (Å²) in [5.41, 5.74) is 0.292. The summed E-state index contributed by atoms with van der Waals surface area (Å²) in [6.45, 7) is 11.8. The average Bonchev–Trinajstić information content (AvgIpc) is 3.28. The molecule has 0 bridgehead atoms. The fourth-order valence-corrected chi connectivity index (χ4v) is 6.05. The van der Waals surface area contributed by atoms with Crippen LogP contribution in [0.5, 0.6) is 5.75 Å². The van der Waals surface area contributed by atoms with Crippen LogP contribution >= 0.6 is 0 Å². The quantitative estimate of drug-likeness (QED) is 0.585. The van der Waals surface area contributed by atoms with Gasteiger partial charge in [-0.3, -0.25) is 4.90 Å². The monoisotopic (exact) mass is 504 g/mol. The molecule has 4 aliphatic rings. The highest BCUT2D eigenvalue weighted by Gasteiger charge is 2.53. The van der Waals surface area contributed by atoms with E-state index in [9.17, 15) is 9.18 Å². The van der Waals surface area contributed by atoms with E-state index < -0.39 is 5.60 Å². The van der Waals surface area contributed by atoms with Crippen LogP contribution in [0.4, 0.5) is 9.18 Å². The third-order valence-corrected chi connectivity index (χ3v) is 8.07. The molecule has 0 aromatic heterocycles. The molecule has 1 spiro atoms. The van der Waals surface area contributed by atoms with Crippen LogP contribution in [0.1, 0.15) is 64.4 Å². The summed E-state index contributed by atoms with van der Waals surface area (Å²) in [6.07, 6.45) is 4.68. The third-order valence-electron chi connectivity index (χ3n) is 8.07. The fraction of sp³-hybridized carbons (Fsp3) is 0.750. The Morgan fingerprint density at radius 1 is 1.14 bits per heavy atom. The molecule has 1 atom stereocenters. The van der Waals surface area contributed by atoms with E-state index in [-0.39, 0.29) is 17.5 Å². The normalized spacial score (nSPS) is 25.7. The van der Waals surface area contributed by atoms with Gasteiger partial charge in [0.1, 0.15) is 22.8 Å². The number of piperidine rings is 1. The summed E-state index contributed by atoms with van der Waals surface area (Å²) in [5, 5.41) is 0. The van der Waals surface area contributed by atoms with Crippen molar-refractivity contribution >= 4 is 6.09 Å². The Kier molecular flexibility index (Phi) is 7.48. The van der Waals surface area contributed by atoms with E-state index in [1.165, 1.54) is 6.07 Å². The first kappa shape index (κ1) is 25.7. The van der Waals surface area contributed by atoms with Gasteiger partial charge in [-0.15, -0.1) is 0 Å². The second-order valence-electron chi connectivity index (χ2n) is 12.0. The number of carbonyl (C=O) groups excluding carboxylic acids is 1. The summed E-state index contributed by atoms with van der Waals surface area (Å²) in [6, 6.07) is 5.35. The zero-order chi connectivity index (χ0) is 25.3. The van der Waals surface area contributed by atoms with Crippen LogP contribution in [-0.4, -0.2) is 85.7 Å². The highest BCUT2D eigenvalue weighted by Crippen LogP contribution is 2.40. The fourth-order valence-electron chi connectivity index (χ4n) is 6.05. The van der Waals surface area contributed by atoms with E-state index >= 15 is 0 Å². The van der Waals surface area contributed by atoms with Gasteiger partial charge in [-0.1, -0.05) is 0 Å². The van der Waals surface area contributed by atoms with Gasteiger partial charge in [-0.25, -0.2) is 9.18 Å². The summed E-state index contributed by atoms with van der Waals surface area (Å²) in [5.74, 6) is 1.44. The standard InChI is InChI=1S/C28H41FN2O5/c1-27(2,3)36-26(32)31-18-28(19-31)15-23(17-35-28)30-10-6-21(7-11-30)24-14-22(29)4-5-25(24)34-16-20-8-12-33-13-9-20/h4-5,14,20-21,23H,6-13,15-19H2,1-3H3/t23-/m0/s1. The molecule has 36 heavy (non-hydrogen) atoms. The molecule has 200 valence electrons. The van der Waals surface area contributed by atoms with Crippen LogP contribution in [0, 0.1) is 11.7 Å². The van der Waals surface area contributed by atoms with Crippen LogP contribution in [0.25, 0.3) is 0 Å². The van der Waals surface area contributed by atoms with Gasteiger partial charge >= 0.3 is 6.09 Å². The molecule has 0 saturated carbocycles. The van der Waals surface area contributed by atoms with Crippen molar-refractivity contribution in [3.63, 3.8) is 0 Å². The van der Waals surface area contributed by atoms with Crippen molar-refractivity contribution < 1.29 is 28.1 Å². The van der Waals surface area contributed by atoms with E-state index in [2.05, 4.69) is 4.90 Å². The van der Waals surface area contributed by atoms with Crippen LogP contribution in [-0.2, 0) is 14.2 Å². The van der Waals surface area contributed by atoms with E-state index in [0.29, 0.717) is 44.2 Å². The first-order chi connectivity index (χ1) is 17.2. The number of hydrogen-bond acceptors (Lipinski definition) is 6. The molecule has 5 rings (SSSR count). The van der Waals surface area contributed by atoms with Crippen molar-refractivity contribution in [3.05, 3.63) is 29.6 Å². The van der Waals surface area contributed by atoms with Crippen molar-refractivity contribution in [2.75, 3.05) is 52.6 Å². The van der Waals surface area contributed by atoms with Crippen LogP contribution in [0.3, 0.4) is 0 Å². The Bertz CT molecular complexity index is 915. The first-order valence-electron chi connectivity index (χ1n) is 13.6. The molecular formula is C28H41FN2O5. The number of benzene rings is 1. The van der Waals surface area contributed by atoms with Gasteiger partial charge in [0.05, 0.1) is 26.3 Å². The Morgan fingerprint density at radius 3 is 2.56 bits per heavy atom. The average molecular weight is 505 g/mol. The second-order valence-corrected chi connectivity index (χ2v) is 12.0. The van der Waals surface area contributed by atoms with Crippen molar-refractivity contribution in [2.45, 2.75) is 76.0 Å². The Labute approximate surface area is 214 Å². The summed E-state index contributed by atoms with van der Waals surface area (Å²) >= 11 is 0. The minimum absolute atomic E-state index is 0.198. The highest BCUT2D eigenvalue weighted by atomic mass is 19.1. The molecule has 4 heterocycles. The minimum Gasteiger partial charge on any atom is -0.493 e. The predicted molar refractivity (Wildman–Crippen MR) is 134 cm³/mol. The molecule has 0 N–H and O–H groups in total. The maximum absolute atomic E-state index is 14.2. The van der Waals surface area contributed by atoms with Gasteiger partial charge in [0, 0.05) is 24.8 Å². The van der Waals surface area contributed by atoms with Crippen molar-refractivity contribution in [2.24, 2.45) is 5.92 Å². The number of ether oxygens (including phenoxy) is 4.